The van der Waals surface area contributed by atoms with Crippen molar-refractivity contribution in [3.05, 3.63) is 54.1 Å². The number of carbonyl (C=O) groups is 1. The molecule has 2 rings (SSSR count). The topological polar surface area (TPSA) is 67.8 Å². The van der Waals surface area contributed by atoms with Crippen LogP contribution in [0.3, 0.4) is 0 Å². The Balaban J connectivity index is 1.83. The van der Waals surface area contributed by atoms with Crippen molar-refractivity contribution in [1.29, 1.82) is 0 Å². The fourth-order valence-corrected chi connectivity index (χ4v) is 1.71. The molecule has 2 N–H and O–H groups in total. The third-order valence-corrected chi connectivity index (χ3v) is 2.85. The van der Waals surface area contributed by atoms with Gasteiger partial charge in [-0.05, 0) is 42.0 Å². The van der Waals surface area contributed by atoms with Gasteiger partial charge in [-0.15, -0.1) is 0 Å². The molecule has 0 spiro atoms. The molecule has 2 aromatic rings. The molecule has 0 unspecified atom stereocenters. The molecule has 0 fully saturated rings. The second-order valence-electron chi connectivity index (χ2n) is 4.37. The van der Waals surface area contributed by atoms with Gasteiger partial charge in [0.1, 0.15) is 11.5 Å². The first-order chi connectivity index (χ1) is 10.2. The summed E-state index contributed by atoms with van der Waals surface area (Å²) in [7, 11) is 1.59. The minimum Gasteiger partial charge on any atom is -0.497 e. The molecule has 0 radical (unpaired) electrons. The van der Waals surface area contributed by atoms with Gasteiger partial charge >= 0.3 is 0 Å². The first-order valence-electron chi connectivity index (χ1n) is 6.48. The van der Waals surface area contributed by atoms with Crippen LogP contribution in [0.1, 0.15) is 5.56 Å². The zero-order valence-corrected chi connectivity index (χ0v) is 11.7. The predicted molar refractivity (Wildman–Crippen MR) is 79.5 cm³/mol. The van der Waals surface area contributed by atoms with Gasteiger partial charge in [0.2, 0.25) is 0 Å². The van der Waals surface area contributed by atoms with E-state index in [1.165, 1.54) is 0 Å². The van der Waals surface area contributed by atoms with E-state index in [4.69, 9.17) is 14.6 Å². The molecule has 21 heavy (non-hydrogen) atoms. The highest BCUT2D eigenvalue weighted by Crippen LogP contribution is 2.17. The molecular weight excluding hydrogens is 270 g/mol. The normalized spacial score (nSPS) is 10.0. The predicted octanol–water partition coefficient (Wildman–Crippen LogP) is 2.21. The Morgan fingerprint density at radius 1 is 1.05 bits per heavy atom. The van der Waals surface area contributed by atoms with Gasteiger partial charge in [0, 0.05) is 5.69 Å². The molecule has 0 saturated carbocycles. The van der Waals surface area contributed by atoms with E-state index >= 15 is 0 Å². The lowest BCUT2D eigenvalue weighted by molar-refractivity contribution is -0.118. The fraction of sp³-hybridized carbons (Fsp3) is 0.188. The van der Waals surface area contributed by atoms with E-state index in [0.717, 1.165) is 11.3 Å². The third kappa shape index (κ3) is 4.50. The van der Waals surface area contributed by atoms with Gasteiger partial charge in [-0.1, -0.05) is 12.1 Å². The largest absolute Gasteiger partial charge is 0.497 e. The number of hydrogen-bond donors (Lipinski definition) is 2. The van der Waals surface area contributed by atoms with Crippen LogP contribution >= 0.6 is 0 Å². The van der Waals surface area contributed by atoms with Crippen molar-refractivity contribution in [2.75, 3.05) is 19.0 Å². The van der Waals surface area contributed by atoms with Gasteiger partial charge in [-0.25, -0.2) is 0 Å². The minimum absolute atomic E-state index is 0.0190. The van der Waals surface area contributed by atoms with Crippen molar-refractivity contribution in [2.24, 2.45) is 0 Å². The summed E-state index contributed by atoms with van der Waals surface area (Å²) < 4.78 is 10.4. The van der Waals surface area contributed by atoms with Crippen LogP contribution in [0.5, 0.6) is 11.5 Å². The fourth-order valence-electron chi connectivity index (χ4n) is 1.71. The number of benzene rings is 2. The van der Waals surface area contributed by atoms with E-state index in [1.54, 1.807) is 55.6 Å². The van der Waals surface area contributed by atoms with E-state index in [1.807, 2.05) is 0 Å². The third-order valence-electron chi connectivity index (χ3n) is 2.85. The van der Waals surface area contributed by atoms with Crippen LogP contribution in [0.15, 0.2) is 48.5 Å². The zero-order valence-electron chi connectivity index (χ0n) is 11.7. The Labute approximate surface area is 123 Å². The van der Waals surface area contributed by atoms with E-state index in [2.05, 4.69) is 5.32 Å². The van der Waals surface area contributed by atoms with Crippen molar-refractivity contribution in [3.8, 4) is 11.5 Å². The van der Waals surface area contributed by atoms with E-state index < -0.39 is 0 Å². The first kappa shape index (κ1) is 14.9. The maximum absolute atomic E-state index is 11.8. The SMILES string of the molecule is COc1ccc(OCC(=O)Nc2ccc(CO)cc2)cc1. The molecule has 2 aromatic carbocycles. The van der Waals surface area contributed by atoms with Crippen molar-refractivity contribution in [1.82, 2.24) is 0 Å². The Morgan fingerprint density at radius 2 is 1.67 bits per heavy atom. The van der Waals surface area contributed by atoms with Crippen LogP contribution in [0.4, 0.5) is 5.69 Å². The summed E-state index contributed by atoms with van der Waals surface area (Å²) in [5, 5.41) is 11.7. The molecule has 0 aliphatic rings. The summed E-state index contributed by atoms with van der Waals surface area (Å²) >= 11 is 0. The Morgan fingerprint density at radius 3 is 2.24 bits per heavy atom. The lowest BCUT2D eigenvalue weighted by Crippen LogP contribution is -2.20. The summed E-state index contributed by atoms with van der Waals surface area (Å²) in [4.78, 5) is 11.8. The molecule has 0 atom stereocenters. The molecule has 0 aliphatic heterocycles. The molecule has 0 bridgehead atoms. The van der Waals surface area contributed by atoms with E-state index in [0.29, 0.717) is 11.4 Å². The highest BCUT2D eigenvalue weighted by Gasteiger charge is 2.04. The monoisotopic (exact) mass is 287 g/mol. The standard InChI is InChI=1S/C16H17NO4/c1-20-14-6-8-15(9-7-14)21-11-16(19)17-13-4-2-12(10-18)3-5-13/h2-9,18H,10-11H2,1H3,(H,17,19). The van der Waals surface area contributed by atoms with Crippen molar-refractivity contribution >= 4 is 11.6 Å². The average molecular weight is 287 g/mol. The molecule has 0 heterocycles. The summed E-state index contributed by atoms with van der Waals surface area (Å²) in [5.41, 5.74) is 1.46. The summed E-state index contributed by atoms with van der Waals surface area (Å²) in [6.07, 6.45) is 0. The van der Waals surface area contributed by atoms with Crippen LogP contribution < -0.4 is 14.8 Å². The number of amides is 1. The number of methoxy groups -OCH3 is 1. The number of aliphatic hydroxyl groups excluding tert-OH is 1. The second kappa shape index (κ2) is 7.31. The maximum atomic E-state index is 11.8. The number of anilines is 1. The number of hydrogen-bond acceptors (Lipinski definition) is 4. The van der Waals surface area contributed by atoms with E-state index in [9.17, 15) is 4.79 Å². The maximum Gasteiger partial charge on any atom is 0.262 e. The highest BCUT2D eigenvalue weighted by atomic mass is 16.5. The lowest BCUT2D eigenvalue weighted by Gasteiger charge is -2.08. The molecule has 5 nitrogen and oxygen atoms in total. The Hall–Kier alpha value is -2.53. The smallest absolute Gasteiger partial charge is 0.262 e. The number of ether oxygens (including phenoxy) is 2. The highest BCUT2D eigenvalue weighted by molar-refractivity contribution is 5.91. The number of aliphatic hydroxyl groups is 1. The second-order valence-corrected chi connectivity index (χ2v) is 4.37. The summed E-state index contributed by atoms with van der Waals surface area (Å²) in [5.74, 6) is 1.08. The summed E-state index contributed by atoms with van der Waals surface area (Å²) in [6.45, 7) is -0.0944. The van der Waals surface area contributed by atoms with Gasteiger partial charge in [-0.2, -0.15) is 0 Å². The Bertz CT molecular complexity index is 578. The first-order valence-corrected chi connectivity index (χ1v) is 6.48. The molecule has 5 heteroatoms. The van der Waals surface area contributed by atoms with Crippen LogP contribution in [0, 0.1) is 0 Å². The quantitative estimate of drug-likeness (QED) is 0.854. The molecule has 110 valence electrons. The van der Waals surface area contributed by atoms with Gasteiger partial charge in [0.15, 0.2) is 6.61 Å². The number of rotatable bonds is 6. The molecular formula is C16H17NO4. The van der Waals surface area contributed by atoms with Gasteiger partial charge < -0.3 is 19.9 Å². The molecule has 0 saturated heterocycles. The van der Waals surface area contributed by atoms with Gasteiger partial charge in [-0.3, -0.25) is 4.79 Å². The van der Waals surface area contributed by atoms with Crippen molar-refractivity contribution in [2.45, 2.75) is 6.61 Å². The van der Waals surface area contributed by atoms with Crippen LogP contribution in [0.25, 0.3) is 0 Å². The van der Waals surface area contributed by atoms with Crippen LogP contribution in [-0.4, -0.2) is 24.7 Å². The minimum atomic E-state index is -0.248. The summed E-state index contributed by atoms with van der Waals surface area (Å²) in [6, 6.07) is 14.0. The van der Waals surface area contributed by atoms with Gasteiger partial charge in [0.05, 0.1) is 13.7 Å². The molecule has 0 aliphatic carbocycles. The van der Waals surface area contributed by atoms with Crippen molar-refractivity contribution in [3.63, 3.8) is 0 Å². The molecule has 0 aromatic heterocycles. The number of carbonyl (C=O) groups excluding carboxylic acids is 1. The zero-order chi connectivity index (χ0) is 15.1. The van der Waals surface area contributed by atoms with Crippen LogP contribution in [-0.2, 0) is 11.4 Å². The van der Waals surface area contributed by atoms with E-state index in [-0.39, 0.29) is 19.1 Å². The molecule has 1 amide bonds. The number of nitrogens with one attached hydrogen (secondary N) is 1. The van der Waals surface area contributed by atoms with Gasteiger partial charge in [0.25, 0.3) is 5.91 Å². The lowest BCUT2D eigenvalue weighted by atomic mass is 10.2. The van der Waals surface area contributed by atoms with Crippen molar-refractivity contribution < 1.29 is 19.4 Å². The average Bonchev–Trinajstić information content (AvgIpc) is 2.54. The van der Waals surface area contributed by atoms with Crippen LogP contribution in [0.2, 0.25) is 0 Å². The Kier molecular flexibility index (Phi) is 5.17.